The van der Waals surface area contributed by atoms with E-state index in [2.05, 4.69) is 6.92 Å². The van der Waals surface area contributed by atoms with Crippen molar-refractivity contribution in [2.75, 3.05) is 26.2 Å². The zero-order valence-corrected chi connectivity index (χ0v) is 17.3. The molecule has 0 atom stereocenters. The zero-order chi connectivity index (χ0) is 21.3. The number of carbonyl (C=O) groups is 3. The number of nitrogens with zero attached hydrogens (tertiary/aromatic N) is 1. The van der Waals surface area contributed by atoms with E-state index in [1.165, 1.54) is 51.4 Å². The van der Waals surface area contributed by atoms with E-state index in [0.717, 1.165) is 12.8 Å². The highest BCUT2D eigenvalue weighted by Crippen LogP contribution is 2.12. The predicted octanol–water partition coefficient (Wildman–Crippen LogP) is 3.92. The third-order valence-electron chi connectivity index (χ3n) is 4.82. The van der Waals surface area contributed by atoms with Crippen molar-refractivity contribution in [1.29, 1.82) is 0 Å². The summed E-state index contributed by atoms with van der Waals surface area (Å²) < 4.78 is -0.484. The van der Waals surface area contributed by atoms with Crippen LogP contribution in [-0.4, -0.2) is 63.9 Å². The fraction of sp³-hybridized carbons (Fsp3) is 0.762. The van der Waals surface area contributed by atoms with Gasteiger partial charge in [-0.3, -0.25) is 4.48 Å². The van der Waals surface area contributed by atoms with E-state index in [1.54, 1.807) is 0 Å². The van der Waals surface area contributed by atoms with Crippen LogP contribution in [-0.2, 0) is 14.4 Å². The molecule has 0 saturated heterocycles. The van der Waals surface area contributed by atoms with Crippen LogP contribution in [0.1, 0.15) is 77.6 Å². The average molecular weight is 401 g/mol. The molecule has 0 bridgehead atoms. The quantitative estimate of drug-likeness (QED) is 0.172. The van der Waals surface area contributed by atoms with Gasteiger partial charge < -0.3 is 15.3 Å². The van der Waals surface area contributed by atoms with Crippen molar-refractivity contribution in [3.63, 3.8) is 0 Å². The summed E-state index contributed by atoms with van der Waals surface area (Å²) >= 11 is 0. The standard InChI is InChI=1S/C21H37NO6/c1-2-3-4-5-6-7-8-9-10-11-12-13-14-15-22(16-19(23)24,17-20(25)26)18-21(27)28/h12-13H,2-11,14-18H2,1H3,(H2-,23,24,25,26,27,28)/p+1/b13-12+. The molecule has 0 unspecified atom stereocenters. The molecular weight excluding hydrogens is 362 g/mol. The van der Waals surface area contributed by atoms with Gasteiger partial charge in [0.2, 0.25) is 0 Å². The Balaban J connectivity index is 4.15. The normalized spacial score (nSPS) is 11.8. The van der Waals surface area contributed by atoms with Crippen molar-refractivity contribution >= 4 is 17.9 Å². The smallest absolute Gasteiger partial charge is 0.359 e. The average Bonchev–Trinajstić information content (AvgIpc) is 2.57. The lowest BCUT2D eigenvalue weighted by Crippen LogP contribution is -2.57. The van der Waals surface area contributed by atoms with Gasteiger partial charge in [0.1, 0.15) is 0 Å². The van der Waals surface area contributed by atoms with Gasteiger partial charge in [-0.05, 0) is 12.8 Å². The van der Waals surface area contributed by atoms with E-state index in [9.17, 15) is 14.4 Å². The first kappa shape index (κ1) is 26.1. The van der Waals surface area contributed by atoms with E-state index >= 15 is 0 Å². The maximum absolute atomic E-state index is 11.1. The molecule has 0 fully saturated rings. The van der Waals surface area contributed by atoms with E-state index in [4.69, 9.17) is 15.3 Å². The Kier molecular flexibility index (Phi) is 15.0. The van der Waals surface area contributed by atoms with Crippen molar-refractivity contribution in [1.82, 2.24) is 0 Å². The summed E-state index contributed by atoms with van der Waals surface area (Å²) in [6.45, 7) is 0.871. The maximum atomic E-state index is 11.1. The molecule has 0 aliphatic rings. The molecule has 0 saturated carbocycles. The Bertz CT molecular complexity index is 448. The van der Waals surface area contributed by atoms with Crippen LogP contribution in [0.4, 0.5) is 0 Å². The lowest BCUT2D eigenvalue weighted by Gasteiger charge is -2.33. The van der Waals surface area contributed by atoms with Gasteiger partial charge in [-0.1, -0.05) is 70.4 Å². The summed E-state index contributed by atoms with van der Waals surface area (Å²) in [7, 11) is 0. The first-order valence-electron chi connectivity index (χ1n) is 10.5. The highest BCUT2D eigenvalue weighted by Gasteiger charge is 2.35. The number of carboxylic acid groups (broad SMARTS) is 3. The summed E-state index contributed by atoms with van der Waals surface area (Å²) in [4.78, 5) is 33.3. The van der Waals surface area contributed by atoms with Gasteiger partial charge in [-0.2, -0.15) is 0 Å². The van der Waals surface area contributed by atoms with Crippen molar-refractivity contribution in [2.24, 2.45) is 0 Å². The SMILES string of the molecule is CCCCCCCCCCC/C=C/CC[N+](CC(=O)O)(CC(=O)O)CC(=O)O. The van der Waals surface area contributed by atoms with Crippen molar-refractivity contribution in [3.8, 4) is 0 Å². The minimum absolute atomic E-state index is 0.180. The Hall–Kier alpha value is -1.89. The van der Waals surface area contributed by atoms with E-state index in [1.807, 2.05) is 12.2 Å². The predicted molar refractivity (Wildman–Crippen MR) is 108 cm³/mol. The molecule has 0 aromatic heterocycles. The number of hydrogen-bond acceptors (Lipinski definition) is 3. The lowest BCUT2D eigenvalue weighted by atomic mass is 10.1. The van der Waals surface area contributed by atoms with Crippen LogP contribution >= 0.6 is 0 Å². The van der Waals surface area contributed by atoms with Crippen LogP contribution < -0.4 is 0 Å². The summed E-state index contributed by atoms with van der Waals surface area (Å²) in [5, 5.41) is 27.2. The molecule has 0 aromatic rings. The number of hydrogen-bond donors (Lipinski definition) is 3. The second kappa shape index (κ2) is 16.1. The largest absolute Gasteiger partial charge is 0.477 e. The summed E-state index contributed by atoms with van der Waals surface area (Å²) in [6, 6.07) is 0. The van der Waals surface area contributed by atoms with Crippen LogP contribution in [0.3, 0.4) is 0 Å². The molecule has 0 aromatic carbocycles. The third-order valence-corrected chi connectivity index (χ3v) is 4.82. The fourth-order valence-corrected chi connectivity index (χ4v) is 3.42. The summed E-state index contributed by atoms with van der Waals surface area (Å²) in [6.07, 6.45) is 16.7. The van der Waals surface area contributed by atoms with Crippen molar-refractivity contribution < 1.29 is 34.2 Å². The molecule has 7 nitrogen and oxygen atoms in total. The molecule has 0 aliphatic carbocycles. The van der Waals surface area contributed by atoms with Gasteiger partial charge in [0.15, 0.2) is 19.6 Å². The molecule has 3 N–H and O–H groups in total. The molecule has 0 heterocycles. The topological polar surface area (TPSA) is 112 Å². The van der Waals surface area contributed by atoms with Gasteiger partial charge in [0.25, 0.3) is 0 Å². The molecule has 0 radical (unpaired) electrons. The number of unbranched alkanes of at least 4 members (excludes halogenated alkanes) is 9. The second-order valence-corrected chi connectivity index (χ2v) is 7.60. The Morgan fingerprint density at radius 2 is 1.04 bits per heavy atom. The molecular formula is C21H38NO6+. The highest BCUT2D eigenvalue weighted by molar-refractivity contribution is 5.73. The van der Waals surface area contributed by atoms with Gasteiger partial charge in [0, 0.05) is 6.42 Å². The Morgan fingerprint density at radius 1 is 0.643 bits per heavy atom. The monoisotopic (exact) mass is 400 g/mol. The summed E-state index contributed by atoms with van der Waals surface area (Å²) in [5.74, 6) is -3.58. The van der Waals surface area contributed by atoms with E-state index in [0.29, 0.717) is 6.42 Å². The second-order valence-electron chi connectivity index (χ2n) is 7.60. The first-order valence-corrected chi connectivity index (χ1v) is 10.5. The third kappa shape index (κ3) is 15.2. The van der Waals surface area contributed by atoms with Gasteiger partial charge in [-0.25, -0.2) is 14.4 Å². The molecule has 0 aliphatic heterocycles. The lowest BCUT2D eigenvalue weighted by molar-refractivity contribution is -0.907. The van der Waals surface area contributed by atoms with Gasteiger partial charge >= 0.3 is 17.9 Å². The minimum atomic E-state index is -1.19. The number of aliphatic carboxylic acids is 3. The number of carboxylic acids is 3. The Morgan fingerprint density at radius 3 is 1.46 bits per heavy atom. The molecule has 28 heavy (non-hydrogen) atoms. The zero-order valence-electron chi connectivity index (χ0n) is 17.3. The molecule has 0 rings (SSSR count). The maximum Gasteiger partial charge on any atom is 0.359 e. The molecule has 7 heteroatoms. The first-order chi connectivity index (χ1) is 13.3. The molecule has 162 valence electrons. The van der Waals surface area contributed by atoms with Crippen LogP contribution in [0.25, 0.3) is 0 Å². The number of quaternary nitrogens is 1. The molecule has 0 amide bonds. The van der Waals surface area contributed by atoms with Crippen molar-refractivity contribution in [2.45, 2.75) is 77.6 Å². The number of allylic oxidation sites excluding steroid dienone is 1. The van der Waals surface area contributed by atoms with Gasteiger partial charge in [0.05, 0.1) is 6.54 Å². The van der Waals surface area contributed by atoms with E-state index < -0.39 is 42.0 Å². The Labute approximate surface area is 168 Å². The minimum Gasteiger partial charge on any atom is -0.477 e. The fourth-order valence-electron chi connectivity index (χ4n) is 3.42. The van der Waals surface area contributed by atoms with Crippen LogP contribution in [0, 0.1) is 0 Å². The van der Waals surface area contributed by atoms with Gasteiger partial charge in [-0.15, -0.1) is 0 Å². The van der Waals surface area contributed by atoms with Crippen LogP contribution in [0.5, 0.6) is 0 Å². The van der Waals surface area contributed by atoms with Crippen LogP contribution in [0.2, 0.25) is 0 Å². The van der Waals surface area contributed by atoms with Crippen LogP contribution in [0.15, 0.2) is 12.2 Å². The summed E-state index contributed by atoms with van der Waals surface area (Å²) in [5.41, 5.74) is 0. The van der Waals surface area contributed by atoms with Crippen molar-refractivity contribution in [3.05, 3.63) is 12.2 Å². The highest BCUT2D eigenvalue weighted by atomic mass is 16.4. The molecule has 0 spiro atoms. The number of rotatable bonds is 19. The van der Waals surface area contributed by atoms with E-state index in [-0.39, 0.29) is 6.54 Å².